The van der Waals surface area contributed by atoms with Crippen LogP contribution in [0, 0.1) is 0 Å². The zero-order chi connectivity index (χ0) is 17.2. The van der Waals surface area contributed by atoms with Crippen LogP contribution in [0.2, 0.25) is 0 Å². The number of fused-ring (bicyclic) bond motifs is 1. The number of benzene rings is 1. The molecule has 3 aromatic heterocycles. The average Bonchev–Trinajstić information content (AvgIpc) is 3.34. The maximum absolute atomic E-state index is 12.5. The van der Waals surface area contributed by atoms with Crippen molar-refractivity contribution in [2.75, 3.05) is 6.26 Å². The minimum Gasteiger partial charge on any atom is -0.266 e. The largest absolute Gasteiger partial charge is 0.291 e. The smallest absolute Gasteiger partial charge is 0.266 e. The number of nitrogens with zero attached hydrogens (tertiary/aromatic N) is 3. The van der Waals surface area contributed by atoms with Gasteiger partial charge in [-0.1, -0.05) is 29.5 Å². The lowest BCUT2D eigenvalue weighted by Gasteiger charge is -1.95. The van der Waals surface area contributed by atoms with Crippen LogP contribution in [0.25, 0.3) is 23.2 Å². The number of aromatic nitrogens is 3. The third kappa shape index (κ3) is 3.44. The standard InChI is InChI=1S/C18H13N3OS3/c1-23-13-6-4-12(5-7-13)11-15-17(22)21-18(25-15)19-16(20-21)9-8-14-3-2-10-24-14/h2-11H,1H3/b9-8+,15-11+. The van der Waals surface area contributed by atoms with Crippen molar-refractivity contribution >= 4 is 57.6 Å². The van der Waals surface area contributed by atoms with Crippen molar-refractivity contribution in [2.24, 2.45) is 0 Å². The molecule has 0 saturated carbocycles. The van der Waals surface area contributed by atoms with Gasteiger partial charge in [0.2, 0.25) is 4.96 Å². The molecule has 25 heavy (non-hydrogen) atoms. The molecule has 3 heterocycles. The van der Waals surface area contributed by atoms with Gasteiger partial charge in [-0.3, -0.25) is 4.79 Å². The lowest BCUT2D eigenvalue weighted by Crippen LogP contribution is -2.23. The van der Waals surface area contributed by atoms with E-state index >= 15 is 0 Å². The summed E-state index contributed by atoms with van der Waals surface area (Å²) in [4.78, 5) is 19.9. The Kier molecular flexibility index (Phi) is 4.52. The maximum atomic E-state index is 12.5. The van der Waals surface area contributed by atoms with Gasteiger partial charge in [-0.15, -0.1) is 28.2 Å². The Bertz CT molecular complexity index is 1140. The van der Waals surface area contributed by atoms with Gasteiger partial charge >= 0.3 is 0 Å². The summed E-state index contributed by atoms with van der Waals surface area (Å²) in [5.74, 6) is 0.549. The molecule has 0 aliphatic heterocycles. The highest BCUT2D eigenvalue weighted by atomic mass is 32.2. The third-order valence-corrected chi connectivity index (χ3v) is 6.09. The molecule has 124 valence electrons. The Morgan fingerprint density at radius 1 is 1.16 bits per heavy atom. The molecule has 0 atom stereocenters. The predicted octanol–water partition coefficient (Wildman–Crippen LogP) is 3.65. The number of thioether (sulfide) groups is 1. The molecule has 4 rings (SSSR count). The molecular formula is C18H13N3OS3. The van der Waals surface area contributed by atoms with Crippen LogP contribution < -0.4 is 10.1 Å². The lowest BCUT2D eigenvalue weighted by molar-refractivity contribution is 0.925. The Morgan fingerprint density at radius 3 is 2.68 bits per heavy atom. The van der Waals surface area contributed by atoms with Crippen molar-refractivity contribution in [1.82, 2.24) is 14.6 Å². The molecule has 0 saturated heterocycles. The molecule has 4 nitrogen and oxygen atoms in total. The fourth-order valence-electron chi connectivity index (χ4n) is 2.31. The minimum absolute atomic E-state index is 0.128. The summed E-state index contributed by atoms with van der Waals surface area (Å²) < 4.78 is 2.02. The van der Waals surface area contributed by atoms with Crippen LogP contribution in [0.4, 0.5) is 0 Å². The van der Waals surface area contributed by atoms with Crippen LogP contribution in [0.1, 0.15) is 16.3 Å². The van der Waals surface area contributed by atoms with Gasteiger partial charge in [-0.2, -0.15) is 9.50 Å². The predicted molar refractivity (Wildman–Crippen MR) is 107 cm³/mol. The topological polar surface area (TPSA) is 47.3 Å². The first-order valence-corrected chi connectivity index (χ1v) is 10.4. The van der Waals surface area contributed by atoms with Crippen LogP contribution in [0.5, 0.6) is 0 Å². The summed E-state index contributed by atoms with van der Waals surface area (Å²) >= 11 is 4.70. The maximum Gasteiger partial charge on any atom is 0.291 e. The summed E-state index contributed by atoms with van der Waals surface area (Å²) in [5.41, 5.74) is 0.870. The van der Waals surface area contributed by atoms with Crippen LogP contribution in [-0.2, 0) is 0 Å². The van der Waals surface area contributed by atoms with Gasteiger partial charge in [0.1, 0.15) is 0 Å². The van der Waals surface area contributed by atoms with E-state index in [4.69, 9.17) is 0 Å². The van der Waals surface area contributed by atoms with E-state index in [-0.39, 0.29) is 5.56 Å². The molecule has 0 unspecified atom stereocenters. The highest BCUT2D eigenvalue weighted by molar-refractivity contribution is 7.98. The summed E-state index contributed by atoms with van der Waals surface area (Å²) in [6.07, 6.45) is 7.71. The summed E-state index contributed by atoms with van der Waals surface area (Å²) in [7, 11) is 0. The zero-order valence-corrected chi connectivity index (χ0v) is 15.7. The van der Waals surface area contributed by atoms with Gasteiger partial charge < -0.3 is 0 Å². The van der Waals surface area contributed by atoms with E-state index in [0.29, 0.717) is 15.3 Å². The highest BCUT2D eigenvalue weighted by Gasteiger charge is 2.08. The number of hydrogen-bond donors (Lipinski definition) is 0. The van der Waals surface area contributed by atoms with Crippen molar-refractivity contribution < 1.29 is 0 Å². The van der Waals surface area contributed by atoms with E-state index in [1.807, 2.05) is 66.3 Å². The molecule has 0 N–H and O–H groups in total. The first-order chi connectivity index (χ1) is 12.2. The molecular weight excluding hydrogens is 370 g/mol. The number of rotatable bonds is 4. The van der Waals surface area contributed by atoms with Gasteiger partial charge in [0.15, 0.2) is 5.82 Å². The minimum atomic E-state index is -0.128. The van der Waals surface area contributed by atoms with Crippen LogP contribution in [0.3, 0.4) is 0 Å². The Morgan fingerprint density at radius 2 is 2.00 bits per heavy atom. The summed E-state index contributed by atoms with van der Waals surface area (Å²) in [6.45, 7) is 0. The quantitative estimate of drug-likeness (QED) is 0.505. The van der Waals surface area contributed by atoms with Crippen molar-refractivity contribution in [1.29, 1.82) is 0 Å². The second-order valence-electron chi connectivity index (χ2n) is 5.20. The second kappa shape index (κ2) is 6.95. The van der Waals surface area contributed by atoms with Crippen molar-refractivity contribution in [3.05, 3.63) is 72.9 Å². The first kappa shape index (κ1) is 16.3. The van der Waals surface area contributed by atoms with Crippen LogP contribution in [0.15, 0.2) is 51.5 Å². The first-order valence-electron chi connectivity index (χ1n) is 7.50. The average molecular weight is 384 g/mol. The van der Waals surface area contributed by atoms with E-state index in [0.717, 1.165) is 10.4 Å². The molecule has 0 spiro atoms. The fourth-order valence-corrected chi connectivity index (χ4v) is 4.25. The van der Waals surface area contributed by atoms with Gasteiger partial charge in [0.05, 0.1) is 4.53 Å². The third-order valence-electron chi connectivity index (χ3n) is 3.55. The van der Waals surface area contributed by atoms with E-state index in [2.05, 4.69) is 10.1 Å². The molecule has 0 radical (unpaired) electrons. The Labute approximate surface area is 156 Å². The highest BCUT2D eigenvalue weighted by Crippen LogP contribution is 2.15. The normalized spacial score (nSPS) is 12.6. The zero-order valence-electron chi connectivity index (χ0n) is 13.2. The summed E-state index contributed by atoms with van der Waals surface area (Å²) in [5, 5.41) is 6.32. The number of thiophene rings is 1. The molecule has 0 amide bonds. The van der Waals surface area contributed by atoms with E-state index in [1.54, 1.807) is 23.1 Å². The lowest BCUT2D eigenvalue weighted by atomic mass is 10.2. The second-order valence-corrected chi connectivity index (χ2v) is 8.07. The monoisotopic (exact) mass is 383 g/mol. The fraction of sp³-hybridized carbons (Fsp3) is 0.0556. The molecule has 7 heteroatoms. The molecule has 0 aliphatic rings. The van der Waals surface area contributed by atoms with Crippen molar-refractivity contribution in [2.45, 2.75) is 4.90 Å². The van der Waals surface area contributed by atoms with Gasteiger partial charge in [-0.05, 0) is 53.6 Å². The van der Waals surface area contributed by atoms with Crippen molar-refractivity contribution in [3.8, 4) is 0 Å². The van der Waals surface area contributed by atoms with Gasteiger partial charge in [0.25, 0.3) is 5.56 Å². The number of thiazole rings is 1. The van der Waals surface area contributed by atoms with E-state index in [1.165, 1.54) is 20.7 Å². The van der Waals surface area contributed by atoms with Gasteiger partial charge in [0, 0.05) is 9.77 Å². The van der Waals surface area contributed by atoms with Crippen LogP contribution >= 0.6 is 34.4 Å². The van der Waals surface area contributed by atoms with E-state index in [9.17, 15) is 4.79 Å². The van der Waals surface area contributed by atoms with E-state index < -0.39 is 0 Å². The SMILES string of the molecule is CSc1ccc(/C=c2/sc3nc(/C=C/c4cccs4)nn3c2=O)cc1. The van der Waals surface area contributed by atoms with Gasteiger partial charge in [-0.25, -0.2) is 0 Å². The molecule has 0 bridgehead atoms. The Balaban J connectivity index is 1.67. The molecule has 0 aliphatic carbocycles. The van der Waals surface area contributed by atoms with Crippen LogP contribution in [-0.4, -0.2) is 20.9 Å². The summed E-state index contributed by atoms with van der Waals surface area (Å²) in [6, 6.07) is 12.1. The molecule has 0 fully saturated rings. The number of hydrogen-bond acceptors (Lipinski definition) is 6. The van der Waals surface area contributed by atoms with Crippen molar-refractivity contribution in [3.63, 3.8) is 0 Å². The Hall–Kier alpha value is -2.22. The molecule has 4 aromatic rings. The molecule has 1 aromatic carbocycles.